The van der Waals surface area contributed by atoms with Gasteiger partial charge < -0.3 is 0 Å². The highest BCUT2D eigenvalue weighted by Gasteiger charge is 2.31. The fourth-order valence-electron chi connectivity index (χ4n) is 1.31. The van der Waals surface area contributed by atoms with E-state index in [0.717, 1.165) is 17.9 Å². The minimum Gasteiger partial charge on any atom is -0.272 e. The summed E-state index contributed by atoms with van der Waals surface area (Å²) in [7, 11) is 0. The molecule has 4 nitrogen and oxygen atoms in total. The second-order valence-electron chi connectivity index (χ2n) is 3.29. The summed E-state index contributed by atoms with van der Waals surface area (Å²) in [4.78, 5) is 27.4. The van der Waals surface area contributed by atoms with Gasteiger partial charge in [-0.25, -0.2) is 0 Å². The molecular formula is C9H15NO3. The van der Waals surface area contributed by atoms with Gasteiger partial charge in [-0.2, -0.15) is 5.06 Å². The molecular weight excluding hydrogens is 170 g/mol. The number of hydroxylamine groups is 2. The highest BCUT2D eigenvalue weighted by molar-refractivity contribution is 6.00. The SMILES string of the molecule is CCCC(C)ON1C(=O)CCC1=O. The van der Waals surface area contributed by atoms with E-state index in [-0.39, 0.29) is 30.8 Å². The Kier molecular flexibility index (Phi) is 3.42. The number of hydrogen-bond acceptors (Lipinski definition) is 3. The number of imide groups is 1. The van der Waals surface area contributed by atoms with Gasteiger partial charge in [-0.15, -0.1) is 0 Å². The Labute approximate surface area is 77.8 Å². The van der Waals surface area contributed by atoms with Crippen LogP contribution in [0.3, 0.4) is 0 Å². The molecule has 1 unspecified atom stereocenters. The van der Waals surface area contributed by atoms with Gasteiger partial charge >= 0.3 is 0 Å². The number of rotatable bonds is 4. The zero-order chi connectivity index (χ0) is 9.84. The molecule has 0 bridgehead atoms. The monoisotopic (exact) mass is 185 g/mol. The van der Waals surface area contributed by atoms with E-state index in [1.165, 1.54) is 0 Å². The summed E-state index contributed by atoms with van der Waals surface area (Å²) in [6.45, 7) is 3.90. The van der Waals surface area contributed by atoms with Crippen molar-refractivity contribution in [1.82, 2.24) is 5.06 Å². The van der Waals surface area contributed by atoms with Crippen LogP contribution in [0.2, 0.25) is 0 Å². The third-order valence-electron chi connectivity index (χ3n) is 1.99. The van der Waals surface area contributed by atoms with E-state index in [0.29, 0.717) is 0 Å². The fraction of sp³-hybridized carbons (Fsp3) is 0.778. The number of carbonyl (C=O) groups excluding carboxylic acids is 2. The van der Waals surface area contributed by atoms with Gasteiger partial charge in [0.05, 0.1) is 6.10 Å². The van der Waals surface area contributed by atoms with Crippen LogP contribution in [-0.2, 0) is 14.4 Å². The van der Waals surface area contributed by atoms with Crippen molar-refractivity contribution >= 4 is 11.8 Å². The third-order valence-corrected chi connectivity index (χ3v) is 1.99. The fourth-order valence-corrected chi connectivity index (χ4v) is 1.31. The van der Waals surface area contributed by atoms with Crippen LogP contribution in [0.1, 0.15) is 39.5 Å². The van der Waals surface area contributed by atoms with Crippen molar-refractivity contribution in [3.63, 3.8) is 0 Å². The van der Waals surface area contributed by atoms with Gasteiger partial charge in [-0.05, 0) is 13.3 Å². The lowest BCUT2D eigenvalue weighted by Crippen LogP contribution is -2.32. The summed E-state index contributed by atoms with van der Waals surface area (Å²) >= 11 is 0. The first kappa shape index (κ1) is 10.2. The van der Waals surface area contributed by atoms with Gasteiger partial charge in [0, 0.05) is 12.8 Å². The minimum atomic E-state index is -0.215. The lowest BCUT2D eigenvalue weighted by molar-refractivity contribution is -0.201. The molecule has 0 aromatic rings. The van der Waals surface area contributed by atoms with Crippen molar-refractivity contribution in [2.45, 2.75) is 45.6 Å². The van der Waals surface area contributed by atoms with Gasteiger partial charge in [0.1, 0.15) is 0 Å². The Morgan fingerprint density at radius 1 is 1.38 bits per heavy atom. The van der Waals surface area contributed by atoms with Crippen LogP contribution in [0, 0.1) is 0 Å². The largest absolute Gasteiger partial charge is 0.272 e. The zero-order valence-electron chi connectivity index (χ0n) is 8.08. The summed E-state index contributed by atoms with van der Waals surface area (Å²) < 4.78 is 0. The summed E-state index contributed by atoms with van der Waals surface area (Å²) in [5, 5.41) is 0.917. The maximum absolute atomic E-state index is 11.1. The van der Waals surface area contributed by atoms with Crippen molar-refractivity contribution < 1.29 is 14.4 Å². The van der Waals surface area contributed by atoms with E-state index >= 15 is 0 Å². The smallest absolute Gasteiger partial charge is 0.254 e. The van der Waals surface area contributed by atoms with Crippen molar-refractivity contribution in [1.29, 1.82) is 0 Å². The maximum Gasteiger partial charge on any atom is 0.254 e. The number of amides is 2. The van der Waals surface area contributed by atoms with Crippen LogP contribution in [0.25, 0.3) is 0 Å². The lowest BCUT2D eigenvalue weighted by Gasteiger charge is -2.18. The molecule has 1 heterocycles. The molecule has 4 heteroatoms. The molecule has 1 saturated heterocycles. The van der Waals surface area contributed by atoms with E-state index in [4.69, 9.17) is 4.84 Å². The molecule has 1 aliphatic heterocycles. The molecule has 0 aromatic carbocycles. The molecule has 0 radical (unpaired) electrons. The quantitative estimate of drug-likeness (QED) is 0.619. The van der Waals surface area contributed by atoms with Gasteiger partial charge in [0.25, 0.3) is 11.8 Å². The van der Waals surface area contributed by atoms with E-state index in [1.54, 1.807) is 0 Å². The molecule has 0 aromatic heterocycles. The van der Waals surface area contributed by atoms with Crippen LogP contribution in [0.4, 0.5) is 0 Å². The Morgan fingerprint density at radius 2 is 1.92 bits per heavy atom. The summed E-state index contributed by atoms with van der Waals surface area (Å²) in [5.41, 5.74) is 0. The first-order chi connectivity index (χ1) is 6.15. The van der Waals surface area contributed by atoms with E-state index in [1.807, 2.05) is 13.8 Å². The lowest BCUT2D eigenvalue weighted by atomic mass is 10.2. The van der Waals surface area contributed by atoms with Gasteiger partial charge in [-0.3, -0.25) is 14.4 Å². The third kappa shape index (κ3) is 2.52. The highest BCUT2D eigenvalue weighted by Crippen LogP contribution is 2.15. The zero-order valence-corrected chi connectivity index (χ0v) is 8.08. The second-order valence-corrected chi connectivity index (χ2v) is 3.29. The van der Waals surface area contributed by atoms with Crippen molar-refractivity contribution in [2.75, 3.05) is 0 Å². The normalized spacial score (nSPS) is 19.7. The van der Waals surface area contributed by atoms with E-state index < -0.39 is 0 Å². The second kappa shape index (κ2) is 4.37. The molecule has 1 rings (SSSR count). The molecule has 2 amide bonds. The van der Waals surface area contributed by atoms with Crippen molar-refractivity contribution in [2.24, 2.45) is 0 Å². The number of nitrogens with zero attached hydrogens (tertiary/aromatic N) is 1. The first-order valence-corrected chi connectivity index (χ1v) is 4.67. The molecule has 74 valence electrons. The summed E-state index contributed by atoms with van der Waals surface area (Å²) in [6.07, 6.45) is 2.36. The van der Waals surface area contributed by atoms with Crippen molar-refractivity contribution in [3.8, 4) is 0 Å². The molecule has 0 saturated carbocycles. The standard InChI is InChI=1S/C9H15NO3/c1-3-4-7(2)13-10-8(11)5-6-9(10)12/h7H,3-6H2,1-2H3. The maximum atomic E-state index is 11.1. The summed E-state index contributed by atoms with van der Waals surface area (Å²) in [6, 6.07) is 0. The van der Waals surface area contributed by atoms with Crippen LogP contribution in [-0.4, -0.2) is 23.0 Å². The first-order valence-electron chi connectivity index (χ1n) is 4.67. The van der Waals surface area contributed by atoms with Crippen LogP contribution in [0.5, 0.6) is 0 Å². The molecule has 1 aliphatic rings. The van der Waals surface area contributed by atoms with Gasteiger partial charge in [-0.1, -0.05) is 13.3 Å². The Bertz CT molecular complexity index is 199. The average Bonchev–Trinajstić information content (AvgIpc) is 2.36. The van der Waals surface area contributed by atoms with Crippen LogP contribution in [0.15, 0.2) is 0 Å². The molecule has 0 N–H and O–H groups in total. The molecule has 1 fully saturated rings. The molecule has 0 aliphatic carbocycles. The van der Waals surface area contributed by atoms with Gasteiger partial charge in [0.2, 0.25) is 0 Å². The molecule has 1 atom stereocenters. The predicted octanol–water partition coefficient (Wildman–Crippen LogP) is 1.26. The Morgan fingerprint density at radius 3 is 2.38 bits per heavy atom. The van der Waals surface area contributed by atoms with E-state index in [9.17, 15) is 9.59 Å². The van der Waals surface area contributed by atoms with Crippen LogP contribution < -0.4 is 0 Å². The topological polar surface area (TPSA) is 46.6 Å². The number of carbonyl (C=O) groups is 2. The van der Waals surface area contributed by atoms with E-state index in [2.05, 4.69) is 0 Å². The predicted molar refractivity (Wildman–Crippen MR) is 46.5 cm³/mol. The number of hydrogen-bond donors (Lipinski definition) is 0. The van der Waals surface area contributed by atoms with Gasteiger partial charge in [0.15, 0.2) is 0 Å². The average molecular weight is 185 g/mol. The Hall–Kier alpha value is -0.900. The van der Waals surface area contributed by atoms with Crippen LogP contribution >= 0.6 is 0 Å². The highest BCUT2D eigenvalue weighted by atomic mass is 16.7. The minimum absolute atomic E-state index is 0.0593. The Balaban J connectivity index is 2.43. The molecule has 13 heavy (non-hydrogen) atoms. The molecule has 0 spiro atoms. The van der Waals surface area contributed by atoms with Crippen molar-refractivity contribution in [3.05, 3.63) is 0 Å². The summed E-state index contributed by atoms with van der Waals surface area (Å²) in [5.74, 6) is -0.430.